The fourth-order valence-electron chi connectivity index (χ4n) is 2.23. The molecule has 0 aliphatic carbocycles. The Morgan fingerprint density at radius 1 is 1.14 bits per heavy atom. The molecule has 3 nitrogen and oxygen atoms in total. The normalized spacial score (nSPS) is 12.7. The van der Waals surface area contributed by atoms with Gasteiger partial charge in [-0.05, 0) is 24.6 Å². The van der Waals surface area contributed by atoms with Crippen molar-refractivity contribution < 1.29 is 4.79 Å². The molecule has 0 radical (unpaired) electrons. The van der Waals surface area contributed by atoms with Gasteiger partial charge in [-0.25, -0.2) is 0 Å². The van der Waals surface area contributed by atoms with Gasteiger partial charge in [0.25, 0.3) is 0 Å². The SMILES string of the molecule is Cc1ccc(C(CNC(=O)C(C)(C)C)c2ccccn2)cc1. The van der Waals surface area contributed by atoms with Crippen molar-refractivity contribution in [1.82, 2.24) is 10.3 Å². The number of benzene rings is 1. The van der Waals surface area contributed by atoms with E-state index in [4.69, 9.17) is 0 Å². The molecule has 2 aromatic rings. The molecule has 3 heteroatoms. The molecule has 0 bridgehead atoms. The maximum absolute atomic E-state index is 12.2. The van der Waals surface area contributed by atoms with Crippen molar-refractivity contribution in [1.29, 1.82) is 0 Å². The zero-order valence-corrected chi connectivity index (χ0v) is 13.8. The Bertz CT molecular complexity index is 612. The Balaban J connectivity index is 2.23. The molecule has 22 heavy (non-hydrogen) atoms. The lowest BCUT2D eigenvalue weighted by atomic mass is 9.92. The molecular weight excluding hydrogens is 272 g/mol. The van der Waals surface area contributed by atoms with Crippen LogP contribution in [0.1, 0.15) is 43.5 Å². The van der Waals surface area contributed by atoms with E-state index in [1.165, 1.54) is 11.1 Å². The molecule has 1 N–H and O–H groups in total. The van der Waals surface area contributed by atoms with Gasteiger partial charge in [-0.15, -0.1) is 0 Å². The summed E-state index contributed by atoms with van der Waals surface area (Å²) in [6.45, 7) is 8.38. The maximum atomic E-state index is 12.2. The highest BCUT2D eigenvalue weighted by molar-refractivity contribution is 5.81. The number of nitrogens with one attached hydrogen (secondary N) is 1. The molecule has 1 amide bonds. The first-order valence-electron chi connectivity index (χ1n) is 7.64. The number of hydrogen-bond donors (Lipinski definition) is 1. The van der Waals surface area contributed by atoms with Gasteiger partial charge in [-0.3, -0.25) is 9.78 Å². The van der Waals surface area contributed by atoms with Gasteiger partial charge < -0.3 is 5.32 Å². The Hall–Kier alpha value is -2.16. The van der Waals surface area contributed by atoms with Gasteiger partial charge >= 0.3 is 0 Å². The number of aryl methyl sites for hydroxylation is 1. The number of nitrogens with zero attached hydrogens (tertiary/aromatic N) is 1. The molecule has 116 valence electrons. The fraction of sp³-hybridized carbons (Fsp3) is 0.368. The van der Waals surface area contributed by atoms with Crippen LogP contribution < -0.4 is 5.32 Å². The molecule has 1 unspecified atom stereocenters. The first-order valence-corrected chi connectivity index (χ1v) is 7.64. The first kappa shape index (κ1) is 16.2. The standard InChI is InChI=1S/C19H24N2O/c1-14-8-10-15(11-9-14)16(17-7-5-6-12-20-17)13-21-18(22)19(2,3)4/h5-12,16H,13H2,1-4H3,(H,21,22). The van der Waals surface area contributed by atoms with E-state index in [-0.39, 0.29) is 17.2 Å². The number of rotatable bonds is 4. The topological polar surface area (TPSA) is 42.0 Å². The summed E-state index contributed by atoms with van der Waals surface area (Å²) in [7, 11) is 0. The molecule has 1 aromatic heterocycles. The van der Waals surface area contributed by atoms with Crippen molar-refractivity contribution >= 4 is 5.91 Å². The monoisotopic (exact) mass is 296 g/mol. The molecular formula is C19H24N2O. The van der Waals surface area contributed by atoms with Crippen LogP contribution in [0.4, 0.5) is 0 Å². The van der Waals surface area contributed by atoms with E-state index in [2.05, 4.69) is 41.5 Å². The number of amides is 1. The summed E-state index contributed by atoms with van der Waals surface area (Å²) in [5, 5.41) is 3.06. The van der Waals surface area contributed by atoms with Crippen molar-refractivity contribution in [3.8, 4) is 0 Å². The maximum Gasteiger partial charge on any atom is 0.225 e. The van der Waals surface area contributed by atoms with Crippen LogP contribution in [-0.2, 0) is 4.79 Å². The smallest absolute Gasteiger partial charge is 0.225 e. The summed E-state index contributed by atoms with van der Waals surface area (Å²) in [5.41, 5.74) is 2.98. The largest absolute Gasteiger partial charge is 0.355 e. The number of hydrogen-bond acceptors (Lipinski definition) is 2. The molecule has 0 aliphatic rings. The van der Waals surface area contributed by atoms with Crippen LogP contribution in [0.5, 0.6) is 0 Å². The third kappa shape index (κ3) is 4.17. The van der Waals surface area contributed by atoms with Gasteiger partial charge in [0.2, 0.25) is 5.91 Å². The lowest BCUT2D eigenvalue weighted by Gasteiger charge is -2.22. The predicted octanol–water partition coefficient (Wildman–Crippen LogP) is 3.68. The molecule has 0 spiro atoms. The second kappa shape index (κ2) is 6.73. The van der Waals surface area contributed by atoms with Gasteiger partial charge in [0.15, 0.2) is 0 Å². The second-order valence-corrected chi connectivity index (χ2v) is 6.68. The second-order valence-electron chi connectivity index (χ2n) is 6.68. The minimum Gasteiger partial charge on any atom is -0.355 e. The third-order valence-electron chi connectivity index (χ3n) is 3.67. The number of pyridine rings is 1. The molecule has 0 saturated carbocycles. The van der Waals surface area contributed by atoms with Crippen LogP contribution >= 0.6 is 0 Å². The highest BCUT2D eigenvalue weighted by atomic mass is 16.2. The summed E-state index contributed by atoms with van der Waals surface area (Å²) in [6.07, 6.45) is 1.79. The van der Waals surface area contributed by atoms with Crippen molar-refractivity contribution in [2.75, 3.05) is 6.54 Å². The summed E-state index contributed by atoms with van der Waals surface area (Å²) in [6, 6.07) is 14.3. The average molecular weight is 296 g/mol. The van der Waals surface area contributed by atoms with Crippen molar-refractivity contribution in [3.05, 3.63) is 65.5 Å². The first-order chi connectivity index (χ1) is 10.4. The van der Waals surface area contributed by atoms with Gasteiger partial charge in [-0.1, -0.05) is 56.7 Å². The summed E-state index contributed by atoms with van der Waals surface area (Å²) >= 11 is 0. The van der Waals surface area contributed by atoms with Crippen LogP contribution in [0.2, 0.25) is 0 Å². The molecule has 0 fully saturated rings. The van der Waals surface area contributed by atoms with Crippen LogP contribution in [-0.4, -0.2) is 17.4 Å². The van der Waals surface area contributed by atoms with Crippen LogP contribution in [0, 0.1) is 12.3 Å². The number of aromatic nitrogens is 1. The van der Waals surface area contributed by atoms with E-state index in [1.807, 2.05) is 39.0 Å². The van der Waals surface area contributed by atoms with E-state index in [0.29, 0.717) is 6.54 Å². The zero-order valence-electron chi connectivity index (χ0n) is 13.8. The molecule has 0 aliphatic heterocycles. The summed E-state index contributed by atoms with van der Waals surface area (Å²) in [4.78, 5) is 16.6. The highest BCUT2D eigenvalue weighted by Gasteiger charge is 2.23. The Labute approximate surface area is 132 Å². The van der Waals surface area contributed by atoms with Gasteiger partial charge in [0.05, 0.1) is 0 Å². The van der Waals surface area contributed by atoms with E-state index in [0.717, 1.165) is 5.69 Å². The predicted molar refractivity (Wildman–Crippen MR) is 89.7 cm³/mol. The van der Waals surface area contributed by atoms with Crippen LogP contribution in [0.25, 0.3) is 0 Å². The van der Waals surface area contributed by atoms with E-state index in [9.17, 15) is 4.79 Å². The highest BCUT2D eigenvalue weighted by Crippen LogP contribution is 2.23. The minimum atomic E-state index is -0.387. The average Bonchev–Trinajstić information content (AvgIpc) is 2.49. The zero-order chi connectivity index (χ0) is 16.2. The lowest BCUT2D eigenvalue weighted by Crippen LogP contribution is -2.37. The van der Waals surface area contributed by atoms with Gasteiger partial charge in [0, 0.05) is 29.8 Å². The lowest BCUT2D eigenvalue weighted by molar-refractivity contribution is -0.128. The van der Waals surface area contributed by atoms with Gasteiger partial charge in [0.1, 0.15) is 0 Å². The third-order valence-corrected chi connectivity index (χ3v) is 3.67. The minimum absolute atomic E-state index is 0.0561. The Morgan fingerprint density at radius 3 is 2.36 bits per heavy atom. The number of carbonyl (C=O) groups excluding carboxylic acids is 1. The van der Waals surface area contributed by atoms with Crippen LogP contribution in [0.15, 0.2) is 48.7 Å². The van der Waals surface area contributed by atoms with Crippen molar-refractivity contribution in [3.63, 3.8) is 0 Å². The van der Waals surface area contributed by atoms with Gasteiger partial charge in [-0.2, -0.15) is 0 Å². The Kier molecular flexibility index (Phi) is 4.96. The summed E-state index contributed by atoms with van der Waals surface area (Å²) in [5.74, 6) is 0.119. The van der Waals surface area contributed by atoms with Crippen molar-refractivity contribution in [2.24, 2.45) is 5.41 Å². The fourth-order valence-corrected chi connectivity index (χ4v) is 2.23. The molecule has 2 rings (SSSR count). The molecule has 1 aromatic carbocycles. The van der Waals surface area contributed by atoms with E-state index >= 15 is 0 Å². The summed E-state index contributed by atoms with van der Waals surface area (Å²) < 4.78 is 0. The Morgan fingerprint density at radius 2 is 1.82 bits per heavy atom. The molecule has 1 atom stereocenters. The van der Waals surface area contributed by atoms with E-state index in [1.54, 1.807) is 6.20 Å². The molecule has 0 saturated heterocycles. The van der Waals surface area contributed by atoms with Crippen molar-refractivity contribution in [2.45, 2.75) is 33.6 Å². The van der Waals surface area contributed by atoms with E-state index < -0.39 is 0 Å². The quantitative estimate of drug-likeness (QED) is 0.935. The number of carbonyl (C=O) groups is 1. The molecule has 1 heterocycles. The van der Waals surface area contributed by atoms with Crippen LogP contribution in [0.3, 0.4) is 0 Å².